The number of benzene rings is 2. The topological polar surface area (TPSA) is 49.4 Å². The highest BCUT2D eigenvalue weighted by atomic mass is 35.5. The number of anilines is 1. The highest BCUT2D eigenvalue weighted by molar-refractivity contribution is 6.33. The van der Waals surface area contributed by atoms with E-state index in [2.05, 4.69) is 5.32 Å². The van der Waals surface area contributed by atoms with Crippen LogP contribution in [0.5, 0.6) is 0 Å². The average molecular weight is 329 g/mol. The number of halogens is 1. The Balaban J connectivity index is 1.63. The molecule has 0 bridgehead atoms. The molecule has 0 radical (unpaired) electrons. The summed E-state index contributed by atoms with van der Waals surface area (Å²) in [6.45, 7) is 0.833. The summed E-state index contributed by atoms with van der Waals surface area (Å²) in [5.74, 6) is -0.516. The van der Waals surface area contributed by atoms with Crippen molar-refractivity contribution in [1.29, 1.82) is 0 Å². The lowest BCUT2D eigenvalue weighted by Gasteiger charge is -2.18. The standard InChI is InChI=1S/C18H17ClN2O2/c19-15-8-4-5-9-16(15)21-12-14(10-17(21)22)18(23)20-11-13-6-2-1-3-7-13/h1-9,14H,10-12H2,(H,20,23)/t14-/m0/s1. The van der Waals surface area contributed by atoms with Crippen molar-refractivity contribution in [3.05, 3.63) is 65.2 Å². The van der Waals surface area contributed by atoms with Gasteiger partial charge in [0.15, 0.2) is 0 Å². The van der Waals surface area contributed by atoms with Gasteiger partial charge in [-0.25, -0.2) is 0 Å². The Bertz CT molecular complexity index is 718. The van der Waals surface area contributed by atoms with Crippen LogP contribution in [-0.4, -0.2) is 18.4 Å². The van der Waals surface area contributed by atoms with Gasteiger partial charge in [-0.2, -0.15) is 0 Å². The maximum atomic E-state index is 12.3. The van der Waals surface area contributed by atoms with Crippen LogP contribution in [-0.2, 0) is 16.1 Å². The van der Waals surface area contributed by atoms with Crippen molar-refractivity contribution in [3.63, 3.8) is 0 Å². The van der Waals surface area contributed by atoms with Crippen LogP contribution in [0.15, 0.2) is 54.6 Å². The molecule has 1 aliphatic rings. The van der Waals surface area contributed by atoms with E-state index in [1.54, 1.807) is 17.0 Å². The molecular weight excluding hydrogens is 312 g/mol. The van der Waals surface area contributed by atoms with Crippen LogP contribution in [0, 0.1) is 5.92 Å². The van der Waals surface area contributed by atoms with Gasteiger partial charge in [0, 0.05) is 19.5 Å². The number of nitrogens with zero attached hydrogens (tertiary/aromatic N) is 1. The highest BCUT2D eigenvalue weighted by Gasteiger charge is 2.35. The first-order valence-electron chi connectivity index (χ1n) is 7.51. The summed E-state index contributed by atoms with van der Waals surface area (Å²) < 4.78 is 0. The minimum Gasteiger partial charge on any atom is -0.352 e. The van der Waals surface area contributed by atoms with Crippen LogP contribution >= 0.6 is 11.6 Å². The summed E-state index contributed by atoms with van der Waals surface area (Å²) in [5, 5.41) is 3.42. The van der Waals surface area contributed by atoms with E-state index in [-0.39, 0.29) is 24.2 Å². The number of hydrogen-bond acceptors (Lipinski definition) is 2. The Labute approximate surface area is 140 Å². The zero-order chi connectivity index (χ0) is 16.2. The van der Waals surface area contributed by atoms with Crippen molar-refractivity contribution in [2.45, 2.75) is 13.0 Å². The highest BCUT2D eigenvalue weighted by Crippen LogP contribution is 2.30. The Kier molecular flexibility index (Phi) is 4.63. The number of nitrogens with one attached hydrogen (secondary N) is 1. The van der Waals surface area contributed by atoms with E-state index in [0.29, 0.717) is 23.8 Å². The maximum Gasteiger partial charge on any atom is 0.227 e. The number of carbonyl (C=O) groups is 2. The minimum atomic E-state index is -0.345. The van der Waals surface area contributed by atoms with E-state index >= 15 is 0 Å². The van der Waals surface area contributed by atoms with Gasteiger partial charge in [0.2, 0.25) is 11.8 Å². The third-order valence-corrected chi connectivity index (χ3v) is 4.27. The number of carbonyl (C=O) groups excluding carboxylic acids is 2. The van der Waals surface area contributed by atoms with E-state index < -0.39 is 0 Å². The fourth-order valence-electron chi connectivity index (χ4n) is 2.72. The van der Waals surface area contributed by atoms with Crippen molar-refractivity contribution in [2.24, 2.45) is 5.92 Å². The zero-order valence-electron chi connectivity index (χ0n) is 12.5. The van der Waals surface area contributed by atoms with E-state index in [1.807, 2.05) is 42.5 Å². The fraction of sp³-hybridized carbons (Fsp3) is 0.222. The molecule has 0 unspecified atom stereocenters. The van der Waals surface area contributed by atoms with Crippen LogP contribution in [0.2, 0.25) is 5.02 Å². The third kappa shape index (κ3) is 3.54. The van der Waals surface area contributed by atoms with Crippen LogP contribution in [0.3, 0.4) is 0 Å². The lowest BCUT2D eigenvalue weighted by molar-refractivity contribution is -0.126. The zero-order valence-corrected chi connectivity index (χ0v) is 13.3. The van der Waals surface area contributed by atoms with Gasteiger partial charge in [0.05, 0.1) is 16.6 Å². The molecule has 23 heavy (non-hydrogen) atoms. The molecule has 5 heteroatoms. The van der Waals surface area contributed by atoms with Gasteiger partial charge in [-0.1, -0.05) is 54.1 Å². The first kappa shape index (κ1) is 15.6. The molecule has 0 spiro atoms. The molecule has 1 atom stereocenters. The molecule has 0 saturated carbocycles. The summed E-state index contributed by atoms with van der Waals surface area (Å²) in [5.41, 5.74) is 1.70. The maximum absolute atomic E-state index is 12.3. The first-order valence-corrected chi connectivity index (χ1v) is 7.89. The number of rotatable bonds is 4. The largest absolute Gasteiger partial charge is 0.352 e. The summed E-state index contributed by atoms with van der Waals surface area (Å²) in [7, 11) is 0. The van der Waals surface area contributed by atoms with Gasteiger partial charge in [-0.15, -0.1) is 0 Å². The molecular formula is C18H17ClN2O2. The SMILES string of the molecule is O=C(NCc1ccccc1)[C@H]1CC(=O)N(c2ccccc2Cl)C1. The quantitative estimate of drug-likeness (QED) is 0.938. The van der Waals surface area contributed by atoms with E-state index in [4.69, 9.17) is 11.6 Å². The predicted molar refractivity (Wildman–Crippen MR) is 90.2 cm³/mol. The Morgan fingerprint density at radius 1 is 1.13 bits per heavy atom. The molecule has 1 N–H and O–H groups in total. The van der Waals surface area contributed by atoms with Crippen molar-refractivity contribution < 1.29 is 9.59 Å². The Morgan fingerprint density at radius 3 is 2.57 bits per heavy atom. The molecule has 1 fully saturated rings. The third-order valence-electron chi connectivity index (χ3n) is 3.95. The second-order valence-electron chi connectivity index (χ2n) is 5.56. The smallest absolute Gasteiger partial charge is 0.227 e. The van der Waals surface area contributed by atoms with E-state index in [0.717, 1.165) is 5.56 Å². The molecule has 3 rings (SSSR count). The molecule has 2 aromatic carbocycles. The normalized spacial score (nSPS) is 17.3. The first-order chi connectivity index (χ1) is 11.1. The lowest BCUT2D eigenvalue weighted by atomic mass is 10.1. The van der Waals surface area contributed by atoms with Gasteiger partial charge < -0.3 is 10.2 Å². The van der Waals surface area contributed by atoms with Crippen molar-refractivity contribution >= 4 is 29.1 Å². The molecule has 118 valence electrons. The predicted octanol–water partition coefficient (Wildman–Crippen LogP) is 3.01. The summed E-state index contributed by atoms with van der Waals surface area (Å²) in [6, 6.07) is 16.9. The van der Waals surface area contributed by atoms with Crippen LogP contribution < -0.4 is 10.2 Å². The average Bonchev–Trinajstić information content (AvgIpc) is 2.96. The monoisotopic (exact) mass is 328 g/mol. The Morgan fingerprint density at radius 2 is 1.83 bits per heavy atom. The van der Waals surface area contributed by atoms with Gasteiger partial charge in [0.1, 0.15) is 0 Å². The summed E-state index contributed by atoms with van der Waals surface area (Å²) >= 11 is 6.14. The molecule has 1 heterocycles. The fourth-order valence-corrected chi connectivity index (χ4v) is 2.95. The number of amides is 2. The summed E-state index contributed by atoms with van der Waals surface area (Å²) in [4.78, 5) is 26.1. The van der Waals surface area contributed by atoms with Crippen LogP contribution in [0.1, 0.15) is 12.0 Å². The summed E-state index contributed by atoms with van der Waals surface area (Å²) in [6.07, 6.45) is 0.214. The van der Waals surface area contributed by atoms with Crippen molar-refractivity contribution in [3.8, 4) is 0 Å². The number of para-hydroxylation sites is 1. The van der Waals surface area contributed by atoms with E-state index in [9.17, 15) is 9.59 Å². The van der Waals surface area contributed by atoms with Gasteiger partial charge in [0.25, 0.3) is 0 Å². The molecule has 4 nitrogen and oxygen atoms in total. The number of hydrogen-bond donors (Lipinski definition) is 1. The molecule has 1 saturated heterocycles. The molecule has 2 aromatic rings. The van der Waals surface area contributed by atoms with Crippen molar-refractivity contribution in [1.82, 2.24) is 5.32 Å². The van der Waals surface area contributed by atoms with Gasteiger partial charge in [-0.3, -0.25) is 9.59 Å². The molecule has 1 aliphatic heterocycles. The molecule has 0 aliphatic carbocycles. The van der Waals surface area contributed by atoms with E-state index in [1.165, 1.54) is 0 Å². The molecule has 2 amide bonds. The lowest BCUT2D eigenvalue weighted by Crippen LogP contribution is -2.32. The Hall–Kier alpha value is -2.33. The van der Waals surface area contributed by atoms with Crippen LogP contribution in [0.4, 0.5) is 5.69 Å². The second kappa shape index (κ2) is 6.84. The second-order valence-corrected chi connectivity index (χ2v) is 5.97. The minimum absolute atomic E-state index is 0.0713. The van der Waals surface area contributed by atoms with Gasteiger partial charge in [-0.05, 0) is 17.7 Å². The van der Waals surface area contributed by atoms with Crippen LogP contribution in [0.25, 0.3) is 0 Å². The molecule has 0 aromatic heterocycles. The van der Waals surface area contributed by atoms with Gasteiger partial charge >= 0.3 is 0 Å². The van der Waals surface area contributed by atoms with Crippen molar-refractivity contribution in [2.75, 3.05) is 11.4 Å².